The molecule has 2 N–H and O–H groups in total. The molecular formula is C26H29F5N4O2. The molecule has 3 fully saturated rings. The van der Waals surface area contributed by atoms with E-state index in [1.54, 1.807) is 11.8 Å². The molecule has 1 amide bonds. The Labute approximate surface area is 210 Å². The molecule has 2 unspecified atom stereocenters. The molecule has 5 rings (SSSR count). The van der Waals surface area contributed by atoms with E-state index in [0.29, 0.717) is 0 Å². The Bertz CT molecular complexity index is 1270. The van der Waals surface area contributed by atoms with Crippen LogP contribution >= 0.6 is 0 Å². The van der Waals surface area contributed by atoms with Crippen LogP contribution < -0.4 is 16.2 Å². The summed E-state index contributed by atoms with van der Waals surface area (Å²) in [6.45, 7) is 6.01. The molecule has 2 aromatic rings. The van der Waals surface area contributed by atoms with E-state index in [2.05, 4.69) is 4.90 Å². The van der Waals surface area contributed by atoms with Gasteiger partial charge in [-0.3, -0.25) is 9.59 Å². The first-order chi connectivity index (χ1) is 17.5. The van der Waals surface area contributed by atoms with E-state index in [1.165, 1.54) is 12.1 Å². The highest BCUT2D eigenvalue weighted by atomic mass is 19.3. The fourth-order valence-corrected chi connectivity index (χ4v) is 6.06. The van der Waals surface area contributed by atoms with Crippen LogP contribution in [0.4, 0.5) is 27.6 Å². The van der Waals surface area contributed by atoms with Crippen LogP contribution in [0.1, 0.15) is 60.6 Å². The number of halogens is 5. The average Bonchev–Trinajstić information content (AvgIpc) is 3.74. The van der Waals surface area contributed by atoms with Crippen LogP contribution in [0.2, 0.25) is 0 Å². The maximum atomic E-state index is 15.2. The summed E-state index contributed by atoms with van der Waals surface area (Å²) in [5.74, 6) is -1.67. The second kappa shape index (κ2) is 9.11. The normalized spacial score (nSPS) is 24.8. The Morgan fingerprint density at radius 2 is 1.78 bits per heavy atom. The van der Waals surface area contributed by atoms with Gasteiger partial charge in [-0.25, -0.2) is 22.0 Å². The van der Waals surface area contributed by atoms with Gasteiger partial charge in [0, 0.05) is 37.0 Å². The lowest BCUT2D eigenvalue weighted by Crippen LogP contribution is -2.41. The van der Waals surface area contributed by atoms with Crippen molar-refractivity contribution in [2.45, 2.75) is 57.2 Å². The summed E-state index contributed by atoms with van der Waals surface area (Å²) < 4.78 is 70.6. The van der Waals surface area contributed by atoms with E-state index in [0.717, 1.165) is 42.5 Å². The number of carbonyl (C=O) groups is 1. The van der Waals surface area contributed by atoms with Crippen LogP contribution in [0.5, 0.6) is 0 Å². The molecule has 11 heteroatoms. The summed E-state index contributed by atoms with van der Waals surface area (Å²) in [7, 11) is 0. The molecule has 37 heavy (non-hydrogen) atoms. The molecule has 2 saturated carbocycles. The van der Waals surface area contributed by atoms with E-state index < -0.39 is 47.3 Å². The minimum atomic E-state index is -3.02. The van der Waals surface area contributed by atoms with Gasteiger partial charge in [-0.05, 0) is 38.1 Å². The highest BCUT2D eigenvalue weighted by Gasteiger charge is 2.60. The van der Waals surface area contributed by atoms with Crippen molar-refractivity contribution in [2.24, 2.45) is 17.6 Å². The third kappa shape index (κ3) is 4.11. The molecule has 1 aliphatic heterocycles. The number of pyridine rings is 1. The largest absolute Gasteiger partial charge is 0.365 e. The highest BCUT2D eigenvalue weighted by Crippen LogP contribution is 2.53. The van der Waals surface area contributed by atoms with Gasteiger partial charge in [-0.2, -0.15) is 0 Å². The number of aromatic nitrogens is 1. The van der Waals surface area contributed by atoms with Gasteiger partial charge in [-0.1, -0.05) is 25.1 Å². The van der Waals surface area contributed by atoms with Crippen molar-refractivity contribution >= 4 is 11.6 Å². The molecule has 200 valence electrons. The number of primary amides is 1. The van der Waals surface area contributed by atoms with Crippen molar-refractivity contribution < 1.29 is 26.7 Å². The Balaban J connectivity index is 1.63. The lowest BCUT2D eigenvalue weighted by atomic mass is 10.0. The molecular weight excluding hydrogens is 495 g/mol. The molecule has 0 spiro atoms. The van der Waals surface area contributed by atoms with E-state index in [-0.39, 0.29) is 47.5 Å². The van der Waals surface area contributed by atoms with Crippen LogP contribution in [0, 0.1) is 17.7 Å². The minimum absolute atomic E-state index is 0.0130. The predicted molar refractivity (Wildman–Crippen MR) is 128 cm³/mol. The van der Waals surface area contributed by atoms with Crippen LogP contribution in [-0.4, -0.2) is 47.5 Å². The van der Waals surface area contributed by atoms with Crippen molar-refractivity contribution in [3.63, 3.8) is 0 Å². The topological polar surface area (TPSA) is 71.6 Å². The second-order valence-electron chi connectivity index (χ2n) is 10.4. The van der Waals surface area contributed by atoms with Gasteiger partial charge in [-0.15, -0.1) is 0 Å². The van der Waals surface area contributed by atoms with Gasteiger partial charge in [0.15, 0.2) is 0 Å². The van der Waals surface area contributed by atoms with Crippen molar-refractivity contribution in [1.29, 1.82) is 0 Å². The molecule has 1 saturated heterocycles. The third-order valence-electron chi connectivity index (χ3n) is 8.38. The number of rotatable bonds is 9. The SMILES string of the molecule is CCN1CC2C(C1)C2N(c1cc(=O)n(C2(C(F)F)CC2)cc1C(N)=O)[C@H](C)c1cccc(C(F)F)c1F. The molecule has 2 heterocycles. The molecule has 2 aliphatic carbocycles. The number of benzene rings is 1. The first-order valence-corrected chi connectivity index (χ1v) is 12.4. The smallest absolute Gasteiger partial charge is 0.266 e. The maximum absolute atomic E-state index is 15.2. The van der Waals surface area contributed by atoms with Gasteiger partial charge in [0.1, 0.15) is 11.4 Å². The number of nitrogens with two attached hydrogens (primary N) is 1. The first-order valence-electron chi connectivity index (χ1n) is 12.4. The molecule has 6 nitrogen and oxygen atoms in total. The minimum Gasteiger partial charge on any atom is -0.365 e. The summed E-state index contributed by atoms with van der Waals surface area (Å²) >= 11 is 0. The number of fused-ring (bicyclic) bond motifs is 1. The fourth-order valence-electron chi connectivity index (χ4n) is 6.06. The average molecular weight is 525 g/mol. The Hall–Kier alpha value is -2.95. The summed E-state index contributed by atoms with van der Waals surface area (Å²) in [6.07, 6.45) is -4.56. The zero-order valence-corrected chi connectivity index (χ0v) is 20.5. The third-order valence-corrected chi connectivity index (χ3v) is 8.38. The molecule has 0 bridgehead atoms. The lowest BCUT2D eigenvalue weighted by Gasteiger charge is -2.36. The van der Waals surface area contributed by atoms with Gasteiger partial charge in [0.05, 0.1) is 22.9 Å². The van der Waals surface area contributed by atoms with Gasteiger partial charge in [0.25, 0.3) is 24.3 Å². The van der Waals surface area contributed by atoms with E-state index >= 15 is 4.39 Å². The van der Waals surface area contributed by atoms with E-state index in [4.69, 9.17) is 5.73 Å². The second-order valence-corrected chi connectivity index (χ2v) is 10.4. The number of alkyl halides is 4. The van der Waals surface area contributed by atoms with Crippen molar-refractivity contribution in [1.82, 2.24) is 9.47 Å². The zero-order valence-electron chi connectivity index (χ0n) is 20.5. The van der Waals surface area contributed by atoms with Gasteiger partial charge < -0.3 is 20.1 Å². The molecule has 3 atom stereocenters. The summed E-state index contributed by atoms with van der Waals surface area (Å²) in [5, 5.41) is 0. The fraction of sp³-hybridized carbons (Fsp3) is 0.538. The molecule has 0 radical (unpaired) electrons. The Morgan fingerprint density at radius 1 is 1.16 bits per heavy atom. The first kappa shape index (κ1) is 25.7. The van der Waals surface area contributed by atoms with E-state index in [1.807, 2.05) is 6.92 Å². The van der Waals surface area contributed by atoms with Crippen LogP contribution in [0.25, 0.3) is 0 Å². The predicted octanol–water partition coefficient (Wildman–Crippen LogP) is 4.30. The van der Waals surface area contributed by atoms with Crippen LogP contribution in [0.15, 0.2) is 35.3 Å². The lowest BCUT2D eigenvalue weighted by molar-refractivity contribution is 0.0649. The zero-order chi connectivity index (χ0) is 26.8. The van der Waals surface area contributed by atoms with Crippen LogP contribution in [0.3, 0.4) is 0 Å². The highest BCUT2D eigenvalue weighted by molar-refractivity contribution is 5.98. The van der Waals surface area contributed by atoms with Crippen molar-refractivity contribution in [3.05, 3.63) is 63.3 Å². The number of hydrogen-bond donors (Lipinski definition) is 1. The monoisotopic (exact) mass is 524 g/mol. The Morgan fingerprint density at radius 3 is 2.30 bits per heavy atom. The molecule has 1 aromatic heterocycles. The van der Waals surface area contributed by atoms with Gasteiger partial charge in [0.2, 0.25) is 0 Å². The number of hydrogen-bond acceptors (Lipinski definition) is 4. The van der Waals surface area contributed by atoms with Crippen molar-refractivity contribution in [2.75, 3.05) is 24.5 Å². The number of nitrogens with zero attached hydrogens (tertiary/aromatic N) is 3. The van der Waals surface area contributed by atoms with Gasteiger partial charge >= 0.3 is 0 Å². The quantitative estimate of drug-likeness (QED) is 0.497. The summed E-state index contributed by atoms with van der Waals surface area (Å²) in [4.78, 5) is 29.7. The van der Waals surface area contributed by atoms with E-state index in [9.17, 15) is 27.2 Å². The standard InChI is InChI=1S/C26H29F5N4O2/c1-3-33-10-16-17(11-33)22(16)35(13(2)14-5-4-6-15(21(14)27)23(28)29)19-9-20(36)34(12-18(19)24(32)37)26(7-8-26)25(30)31/h4-6,9,12-13,16-17,22-23,25H,3,7-8,10-11H2,1-2H3,(H2,32,37)/t13-,16?,17?,22?/m1/s1. The number of anilines is 1. The number of likely N-dealkylation sites (tertiary alicyclic amines) is 1. The number of amides is 1. The Kier molecular flexibility index (Phi) is 6.32. The van der Waals surface area contributed by atoms with Crippen LogP contribution in [-0.2, 0) is 5.54 Å². The molecule has 1 aromatic carbocycles. The molecule has 3 aliphatic rings. The number of piperidine rings is 1. The summed E-state index contributed by atoms with van der Waals surface area (Å²) in [5.41, 5.74) is 2.49. The maximum Gasteiger partial charge on any atom is 0.266 e. The number of carbonyl (C=O) groups excluding carboxylic acids is 1. The summed E-state index contributed by atoms with van der Waals surface area (Å²) in [6, 6.07) is 3.82. The van der Waals surface area contributed by atoms with Crippen molar-refractivity contribution in [3.8, 4) is 0 Å².